The predicted molar refractivity (Wildman–Crippen MR) is 170 cm³/mol. The van der Waals surface area contributed by atoms with E-state index in [-0.39, 0.29) is 24.4 Å². The first-order valence-corrected chi connectivity index (χ1v) is 15.6. The van der Waals surface area contributed by atoms with Crippen LogP contribution in [0.25, 0.3) is 6.08 Å². The number of hydrazone groups is 1. The van der Waals surface area contributed by atoms with Crippen LogP contribution in [0.3, 0.4) is 0 Å². The van der Waals surface area contributed by atoms with E-state index in [2.05, 4.69) is 87.8 Å². The Morgan fingerprint density at radius 3 is 2.30 bits per heavy atom. The summed E-state index contributed by atoms with van der Waals surface area (Å²) in [7, 11) is 0. The van der Waals surface area contributed by atoms with Gasteiger partial charge in [-0.15, -0.1) is 0 Å². The fraction of sp³-hybridized carbons (Fsp3) is 0.294. The highest BCUT2D eigenvalue weighted by Gasteiger charge is 2.55. The molecule has 1 saturated heterocycles. The Morgan fingerprint density at radius 2 is 1.59 bits per heavy atom. The van der Waals surface area contributed by atoms with Crippen molar-refractivity contribution in [3.8, 4) is 0 Å². The first kappa shape index (κ1) is 28.3. The second-order valence-electron chi connectivity index (χ2n) is 11.8. The van der Waals surface area contributed by atoms with Gasteiger partial charge >= 0.3 is 0 Å². The van der Waals surface area contributed by atoms with Crippen LogP contribution < -0.4 is 4.90 Å². The van der Waals surface area contributed by atoms with Crippen LogP contribution in [0.15, 0.2) is 98.3 Å². The number of rotatable bonds is 5. The van der Waals surface area contributed by atoms with Gasteiger partial charge in [0, 0.05) is 10.4 Å². The van der Waals surface area contributed by atoms with E-state index in [0.29, 0.717) is 5.69 Å². The van der Waals surface area contributed by atoms with Gasteiger partial charge < -0.3 is 0 Å². The zero-order valence-electron chi connectivity index (χ0n) is 24.4. The molecule has 4 aliphatic rings. The maximum Gasteiger partial charge on any atom is 0.264 e. The molecule has 1 saturated carbocycles. The molecule has 0 radical (unpaired) electrons. The molecule has 3 amide bonds. The normalized spacial score (nSPS) is 25.1. The van der Waals surface area contributed by atoms with Crippen molar-refractivity contribution in [2.75, 3.05) is 11.4 Å². The van der Waals surface area contributed by atoms with Crippen LogP contribution >= 0.6 is 15.9 Å². The van der Waals surface area contributed by atoms with Gasteiger partial charge in [-0.25, -0.2) is 9.91 Å². The molecule has 0 spiro atoms. The molecule has 222 valence electrons. The number of aryl methyl sites for hydroxylation is 2. The smallest absolute Gasteiger partial charge is 0.264 e. The molecule has 3 aliphatic heterocycles. The minimum atomic E-state index is -0.983. The Bertz CT molecular complexity index is 1730. The molecule has 4 atom stereocenters. The molecule has 2 fully saturated rings. The number of amides is 3. The number of nitrogens with zero attached hydrogens (tertiary/aromatic N) is 6. The number of anilines is 1. The van der Waals surface area contributed by atoms with Crippen LogP contribution in [0.5, 0.6) is 0 Å². The molecule has 44 heavy (non-hydrogen) atoms. The van der Waals surface area contributed by atoms with Crippen molar-refractivity contribution in [1.29, 1.82) is 0 Å². The van der Waals surface area contributed by atoms with Crippen molar-refractivity contribution < 1.29 is 14.4 Å². The monoisotopic (exact) mass is 650 g/mol. The lowest BCUT2D eigenvalue weighted by molar-refractivity contribution is -0.136. The molecule has 3 heterocycles. The summed E-state index contributed by atoms with van der Waals surface area (Å²) in [5, 5.41) is 16.2. The highest BCUT2D eigenvalue weighted by atomic mass is 79.9. The highest BCUT2D eigenvalue weighted by Crippen LogP contribution is 2.45. The lowest BCUT2D eigenvalue weighted by Gasteiger charge is -2.30. The van der Waals surface area contributed by atoms with Crippen LogP contribution in [-0.2, 0) is 14.4 Å². The number of benzene rings is 3. The van der Waals surface area contributed by atoms with Crippen molar-refractivity contribution in [1.82, 2.24) is 10.0 Å². The van der Waals surface area contributed by atoms with Crippen molar-refractivity contribution in [2.45, 2.75) is 51.2 Å². The van der Waals surface area contributed by atoms with Crippen molar-refractivity contribution in [2.24, 2.45) is 21.4 Å². The van der Waals surface area contributed by atoms with Crippen LogP contribution in [0, 0.1) is 19.8 Å². The molecular weight excluding hydrogens is 620 g/mol. The highest BCUT2D eigenvalue weighted by molar-refractivity contribution is 9.10. The third-order valence-electron chi connectivity index (χ3n) is 8.83. The lowest BCUT2D eigenvalue weighted by atomic mass is 9.77. The average Bonchev–Trinajstić information content (AvgIpc) is 3.69. The fourth-order valence-electron chi connectivity index (χ4n) is 6.58. The summed E-state index contributed by atoms with van der Waals surface area (Å²) in [5.41, 5.74) is 6.99. The Kier molecular flexibility index (Phi) is 7.24. The summed E-state index contributed by atoms with van der Waals surface area (Å²) in [6.07, 6.45) is 4.98. The third kappa shape index (κ3) is 4.96. The van der Waals surface area contributed by atoms with Gasteiger partial charge in [-0.2, -0.15) is 10.2 Å². The van der Waals surface area contributed by atoms with E-state index >= 15 is 0 Å². The first-order valence-electron chi connectivity index (χ1n) is 14.8. The molecule has 7 rings (SSSR count). The molecule has 3 aromatic rings. The van der Waals surface area contributed by atoms with Gasteiger partial charge in [0.2, 0.25) is 0 Å². The number of halogens is 1. The van der Waals surface area contributed by atoms with E-state index in [4.69, 9.17) is 5.10 Å². The Labute approximate surface area is 264 Å². The maximum absolute atomic E-state index is 14.1. The van der Waals surface area contributed by atoms with Gasteiger partial charge in [0.05, 0.1) is 17.4 Å². The van der Waals surface area contributed by atoms with E-state index in [9.17, 15) is 14.4 Å². The molecule has 10 heteroatoms. The van der Waals surface area contributed by atoms with Gasteiger partial charge in [0.15, 0.2) is 12.1 Å². The number of hydrogen-bond donors (Lipinski definition) is 0. The van der Waals surface area contributed by atoms with Crippen molar-refractivity contribution >= 4 is 51.1 Å². The topological polar surface area (TPSA) is 98.0 Å². The molecular formula is C34H31BrN6O3. The summed E-state index contributed by atoms with van der Waals surface area (Å²) in [6.45, 7) is 3.89. The molecule has 1 aliphatic carbocycles. The summed E-state index contributed by atoms with van der Waals surface area (Å²) < 4.78 is 0.834. The van der Waals surface area contributed by atoms with E-state index in [1.165, 1.54) is 10.6 Å². The van der Waals surface area contributed by atoms with Crippen molar-refractivity contribution in [3.63, 3.8) is 0 Å². The van der Waals surface area contributed by atoms with Gasteiger partial charge in [-0.1, -0.05) is 80.8 Å². The molecule has 0 bridgehead atoms. The van der Waals surface area contributed by atoms with E-state index in [1.54, 1.807) is 29.3 Å². The van der Waals surface area contributed by atoms with E-state index < -0.39 is 23.9 Å². The maximum atomic E-state index is 14.1. The minimum Gasteiger partial charge on any atom is -0.271 e. The second kappa shape index (κ2) is 11.2. The van der Waals surface area contributed by atoms with Crippen LogP contribution in [0.4, 0.5) is 5.69 Å². The summed E-state index contributed by atoms with van der Waals surface area (Å²) in [4.78, 5) is 42.0. The summed E-state index contributed by atoms with van der Waals surface area (Å²) >= 11 is 3.39. The van der Waals surface area contributed by atoms with E-state index in [1.807, 2.05) is 6.92 Å². The Hall–Kier alpha value is -4.44. The molecule has 0 N–H and O–H groups in total. The Balaban J connectivity index is 1.18. The number of carbonyl (C=O) groups is 3. The zero-order chi connectivity index (χ0) is 30.5. The second-order valence-corrected chi connectivity index (χ2v) is 12.8. The summed E-state index contributed by atoms with van der Waals surface area (Å²) in [5.74, 6) is -1.14. The number of allylic oxidation sites excluding steroid dienone is 1. The van der Waals surface area contributed by atoms with Gasteiger partial charge in [-0.05, 0) is 80.2 Å². The van der Waals surface area contributed by atoms with Gasteiger partial charge in [0.1, 0.15) is 6.54 Å². The molecule has 9 nitrogen and oxygen atoms in total. The fourth-order valence-corrected chi connectivity index (χ4v) is 6.84. The number of imide groups is 1. The minimum absolute atomic E-state index is 0.0441. The molecule has 0 aromatic heterocycles. The number of fused-ring (bicyclic) bond motifs is 2. The predicted octanol–water partition coefficient (Wildman–Crippen LogP) is 6.18. The SMILES string of the molecule is Cc1ccc(/C=C2/CCC[C@@H]3C2=NN(C(=O)CN2N=N[C@@H]4C(=O)N(c5ccc(Br)cc5)C(=O)[C@H]42)[C@@H]3c2ccc(C)cc2)cc1. The van der Waals surface area contributed by atoms with Crippen LogP contribution in [-0.4, -0.2) is 52.1 Å². The standard InChI is InChI=1S/C34H31BrN6O3/c1-20-6-10-22(11-7-20)18-24-4-3-5-27-29(24)37-41(31(27)23-12-8-21(2)9-13-23)28(42)19-39-32-30(36-38-39)33(43)40(34(32)44)26-16-14-25(35)15-17-26/h6-18,27,30-32H,3-5,19H2,1-2H3/b24-18-/t27-,30+,31-,32+/m1/s1. The number of hydrogen-bond acceptors (Lipinski definition) is 7. The van der Waals surface area contributed by atoms with E-state index in [0.717, 1.165) is 56.6 Å². The molecule has 0 unspecified atom stereocenters. The number of carbonyl (C=O) groups excluding carboxylic acids is 3. The van der Waals surface area contributed by atoms with Crippen LogP contribution in [0.2, 0.25) is 0 Å². The zero-order valence-corrected chi connectivity index (χ0v) is 26.0. The van der Waals surface area contributed by atoms with Crippen molar-refractivity contribution in [3.05, 3.63) is 105 Å². The average molecular weight is 652 g/mol. The Morgan fingerprint density at radius 1 is 0.909 bits per heavy atom. The van der Waals surface area contributed by atoms with Gasteiger partial charge in [-0.3, -0.25) is 19.4 Å². The molecule has 3 aromatic carbocycles. The lowest BCUT2D eigenvalue weighted by Crippen LogP contribution is -2.45. The first-order chi connectivity index (χ1) is 21.3. The quantitative estimate of drug-likeness (QED) is 0.308. The third-order valence-corrected chi connectivity index (χ3v) is 9.36. The summed E-state index contributed by atoms with van der Waals surface area (Å²) in [6, 6.07) is 21.3. The van der Waals surface area contributed by atoms with Gasteiger partial charge in [0.25, 0.3) is 17.7 Å². The largest absolute Gasteiger partial charge is 0.271 e. The van der Waals surface area contributed by atoms with Crippen LogP contribution in [0.1, 0.15) is 47.6 Å².